The van der Waals surface area contributed by atoms with Gasteiger partial charge < -0.3 is 0 Å². The first-order chi connectivity index (χ1) is 7.26. The van der Waals surface area contributed by atoms with Gasteiger partial charge in [-0.25, -0.2) is 0 Å². The number of aliphatic imine (C=N–C) groups is 1. The van der Waals surface area contributed by atoms with Crippen molar-refractivity contribution in [2.45, 2.75) is 6.54 Å². The molecule has 1 N–H and O–H groups in total. The van der Waals surface area contributed by atoms with Gasteiger partial charge in [-0.15, -0.1) is 0 Å². The number of nitriles is 1. The average molecular weight is 284 g/mol. The lowest BCUT2D eigenvalue weighted by molar-refractivity contribution is 1.05. The van der Waals surface area contributed by atoms with Crippen molar-refractivity contribution in [1.29, 1.82) is 5.26 Å². The van der Waals surface area contributed by atoms with Gasteiger partial charge in [-0.05, 0) is 24.0 Å². The highest BCUT2D eigenvalue weighted by Gasteiger charge is 1.96. The van der Waals surface area contributed by atoms with Crippen LogP contribution in [0.3, 0.4) is 0 Å². The van der Waals surface area contributed by atoms with E-state index in [1.165, 1.54) is 11.8 Å². The molecule has 5 heteroatoms. The number of hydrogen-bond acceptors (Lipinski definition) is 3. The van der Waals surface area contributed by atoms with Crippen LogP contribution in [0.5, 0.6) is 0 Å². The van der Waals surface area contributed by atoms with Gasteiger partial charge in [-0.2, -0.15) is 5.26 Å². The molecule has 0 spiro atoms. The van der Waals surface area contributed by atoms with Crippen LogP contribution in [0.4, 0.5) is 0 Å². The smallest absolute Gasteiger partial charge is 0.183 e. The van der Waals surface area contributed by atoms with Crippen LogP contribution in [-0.2, 0) is 6.54 Å². The van der Waals surface area contributed by atoms with Crippen LogP contribution in [-0.4, -0.2) is 11.4 Å². The maximum atomic E-state index is 8.45. The monoisotopic (exact) mass is 283 g/mol. The van der Waals surface area contributed by atoms with Crippen molar-refractivity contribution in [2.75, 3.05) is 6.26 Å². The fourth-order valence-electron chi connectivity index (χ4n) is 1.00. The second-order valence-electron chi connectivity index (χ2n) is 2.69. The molecule has 1 rings (SSSR count). The van der Waals surface area contributed by atoms with E-state index in [9.17, 15) is 0 Å². The van der Waals surface area contributed by atoms with Gasteiger partial charge in [0.25, 0.3) is 0 Å². The Labute approximate surface area is 102 Å². The van der Waals surface area contributed by atoms with E-state index in [0.717, 1.165) is 10.0 Å². The van der Waals surface area contributed by atoms with Gasteiger partial charge >= 0.3 is 0 Å². The number of thioether (sulfide) groups is 1. The summed E-state index contributed by atoms with van der Waals surface area (Å²) in [6.45, 7) is 0.574. The Balaban J connectivity index is 2.66. The largest absolute Gasteiger partial charge is 0.272 e. The first-order valence-electron chi connectivity index (χ1n) is 4.24. The second-order valence-corrected chi connectivity index (χ2v) is 4.40. The summed E-state index contributed by atoms with van der Waals surface area (Å²) in [6, 6.07) is 7.94. The highest BCUT2D eigenvalue weighted by Crippen LogP contribution is 2.12. The molecule has 0 aliphatic rings. The van der Waals surface area contributed by atoms with Gasteiger partial charge in [-0.3, -0.25) is 10.3 Å². The molecule has 0 heterocycles. The summed E-state index contributed by atoms with van der Waals surface area (Å²) in [7, 11) is 0. The van der Waals surface area contributed by atoms with E-state index in [-0.39, 0.29) is 0 Å². The molecule has 1 aromatic carbocycles. The van der Waals surface area contributed by atoms with E-state index in [0.29, 0.717) is 11.7 Å². The summed E-state index contributed by atoms with van der Waals surface area (Å²) in [4.78, 5) is 4.27. The predicted octanol–water partition coefficient (Wildman–Crippen LogP) is 2.74. The summed E-state index contributed by atoms with van der Waals surface area (Å²) >= 11 is 4.82. The van der Waals surface area contributed by atoms with Gasteiger partial charge in [0, 0.05) is 4.47 Å². The highest BCUT2D eigenvalue weighted by molar-refractivity contribution is 9.10. The number of nitrogens with zero attached hydrogens (tertiary/aromatic N) is 2. The summed E-state index contributed by atoms with van der Waals surface area (Å²) in [5.74, 6) is 0. The highest BCUT2D eigenvalue weighted by atomic mass is 79.9. The Morgan fingerprint density at radius 3 is 3.07 bits per heavy atom. The van der Waals surface area contributed by atoms with E-state index in [4.69, 9.17) is 5.26 Å². The Hall–Kier alpha value is -0.990. The molecular formula is C10H10BrN3S. The van der Waals surface area contributed by atoms with Crippen LogP contribution in [0.1, 0.15) is 5.56 Å². The maximum Gasteiger partial charge on any atom is 0.183 e. The maximum absolute atomic E-state index is 8.45. The number of rotatable bonds is 2. The summed E-state index contributed by atoms with van der Waals surface area (Å²) in [5, 5.41) is 11.6. The fourth-order valence-corrected chi connectivity index (χ4v) is 1.79. The third-order valence-electron chi connectivity index (χ3n) is 1.65. The fraction of sp³-hybridized carbons (Fsp3) is 0.200. The molecule has 3 nitrogen and oxygen atoms in total. The van der Waals surface area contributed by atoms with E-state index in [1.54, 1.807) is 0 Å². The van der Waals surface area contributed by atoms with E-state index >= 15 is 0 Å². The van der Waals surface area contributed by atoms with Crippen LogP contribution >= 0.6 is 27.7 Å². The molecule has 78 valence electrons. The lowest BCUT2D eigenvalue weighted by Crippen LogP contribution is -2.13. The van der Waals surface area contributed by atoms with E-state index in [2.05, 4.69) is 26.2 Å². The molecule has 1 aromatic rings. The second kappa shape index (κ2) is 6.49. The first-order valence-corrected chi connectivity index (χ1v) is 6.26. The van der Waals surface area contributed by atoms with Crippen LogP contribution in [0.2, 0.25) is 0 Å². The van der Waals surface area contributed by atoms with Gasteiger partial charge in [0.1, 0.15) is 0 Å². The van der Waals surface area contributed by atoms with Crippen molar-refractivity contribution in [2.24, 2.45) is 4.99 Å². The average Bonchev–Trinajstić information content (AvgIpc) is 2.24. The molecular weight excluding hydrogens is 274 g/mol. The molecule has 0 aliphatic carbocycles. The molecule has 0 saturated carbocycles. The minimum atomic E-state index is 0.574. The quantitative estimate of drug-likeness (QED) is 0.393. The van der Waals surface area contributed by atoms with Crippen LogP contribution in [0.25, 0.3) is 0 Å². The van der Waals surface area contributed by atoms with Gasteiger partial charge in [0.15, 0.2) is 11.4 Å². The standard InChI is InChI=1S/C10H10BrN3S/c1-15-10(14-7-12)13-6-8-3-2-4-9(11)5-8/h2-5H,6H2,1H3,(H,13,14). The third-order valence-corrected chi connectivity index (χ3v) is 2.76. The molecule has 0 aliphatic heterocycles. The first kappa shape index (κ1) is 12.1. The molecule has 0 amide bonds. The van der Waals surface area contributed by atoms with Crippen molar-refractivity contribution in [1.82, 2.24) is 5.32 Å². The molecule has 0 atom stereocenters. The Bertz CT molecular complexity index is 398. The van der Waals surface area contributed by atoms with E-state index < -0.39 is 0 Å². The number of halogens is 1. The van der Waals surface area contributed by atoms with Crippen molar-refractivity contribution in [3.63, 3.8) is 0 Å². The van der Waals surface area contributed by atoms with Gasteiger partial charge in [0.2, 0.25) is 0 Å². The lowest BCUT2D eigenvalue weighted by Gasteiger charge is -2.00. The number of hydrogen-bond donors (Lipinski definition) is 1. The third kappa shape index (κ3) is 4.36. The SMILES string of the molecule is CSC(=NCc1cccc(Br)c1)NC#N. The predicted molar refractivity (Wildman–Crippen MR) is 67.5 cm³/mol. The molecule has 0 unspecified atom stereocenters. The number of nitrogens with one attached hydrogen (secondary N) is 1. The normalized spacial score (nSPS) is 10.9. The zero-order valence-corrected chi connectivity index (χ0v) is 10.6. The van der Waals surface area contributed by atoms with Gasteiger partial charge in [-0.1, -0.05) is 39.8 Å². The Kier molecular flexibility index (Phi) is 5.22. The number of benzene rings is 1. The van der Waals surface area contributed by atoms with E-state index in [1.807, 2.05) is 36.7 Å². The van der Waals surface area contributed by atoms with Crippen LogP contribution in [0.15, 0.2) is 33.7 Å². The molecule has 0 saturated heterocycles. The van der Waals surface area contributed by atoms with Crippen molar-refractivity contribution in [3.8, 4) is 6.19 Å². The lowest BCUT2D eigenvalue weighted by atomic mass is 10.2. The minimum Gasteiger partial charge on any atom is -0.272 e. The summed E-state index contributed by atoms with van der Waals surface area (Å²) in [5.41, 5.74) is 1.11. The number of amidine groups is 1. The van der Waals surface area contributed by atoms with Crippen molar-refractivity contribution >= 4 is 32.9 Å². The topological polar surface area (TPSA) is 48.2 Å². The zero-order valence-electron chi connectivity index (χ0n) is 8.20. The van der Waals surface area contributed by atoms with Crippen molar-refractivity contribution in [3.05, 3.63) is 34.3 Å². The van der Waals surface area contributed by atoms with Crippen LogP contribution in [0, 0.1) is 11.5 Å². The molecule has 0 bridgehead atoms. The minimum absolute atomic E-state index is 0.574. The zero-order chi connectivity index (χ0) is 11.1. The van der Waals surface area contributed by atoms with Gasteiger partial charge in [0.05, 0.1) is 6.54 Å². The Morgan fingerprint density at radius 1 is 1.67 bits per heavy atom. The molecule has 15 heavy (non-hydrogen) atoms. The molecule has 0 aromatic heterocycles. The van der Waals surface area contributed by atoms with Crippen molar-refractivity contribution < 1.29 is 0 Å². The summed E-state index contributed by atoms with van der Waals surface area (Å²) in [6.07, 6.45) is 3.73. The summed E-state index contributed by atoms with van der Waals surface area (Å²) < 4.78 is 1.04. The Morgan fingerprint density at radius 2 is 2.47 bits per heavy atom. The molecule has 0 fully saturated rings. The molecule has 0 radical (unpaired) electrons. The van der Waals surface area contributed by atoms with Crippen LogP contribution < -0.4 is 5.32 Å².